The molecule has 4 heteroatoms. The molecule has 116 valence electrons. The smallest absolute Gasteiger partial charge is 0.317 e. The Morgan fingerprint density at radius 3 is 2.59 bits per heavy atom. The van der Waals surface area contributed by atoms with Gasteiger partial charge in [0.25, 0.3) is 0 Å². The molecule has 0 aliphatic heterocycles. The summed E-state index contributed by atoms with van der Waals surface area (Å²) in [5, 5.41) is 3.63. The van der Waals surface area contributed by atoms with Crippen LogP contribution in [-0.4, -0.2) is 24.5 Å². The molecule has 2 aromatic rings. The molecule has 2 aromatic carbocycles. The van der Waals surface area contributed by atoms with Crippen molar-refractivity contribution in [2.24, 2.45) is 0 Å². The van der Waals surface area contributed by atoms with Crippen molar-refractivity contribution in [1.82, 2.24) is 10.2 Å². The Balaban J connectivity index is 1.79. The number of nitrogens with zero attached hydrogens (tertiary/aromatic N) is 1. The minimum Gasteiger partial charge on any atom is -0.338 e. The van der Waals surface area contributed by atoms with Gasteiger partial charge in [0.15, 0.2) is 0 Å². The molecule has 0 heterocycles. The van der Waals surface area contributed by atoms with E-state index in [4.69, 9.17) is 11.6 Å². The number of aryl methyl sites for hydroxylation is 1. The Kier molecular flexibility index (Phi) is 5.84. The number of carbonyl (C=O) groups excluding carboxylic acids is 1. The van der Waals surface area contributed by atoms with Crippen LogP contribution in [0.5, 0.6) is 0 Å². The third kappa shape index (κ3) is 5.08. The lowest BCUT2D eigenvalue weighted by molar-refractivity contribution is 0.207. The first-order chi connectivity index (χ1) is 10.5. The molecule has 0 saturated heterocycles. The van der Waals surface area contributed by atoms with Gasteiger partial charge in [-0.2, -0.15) is 0 Å². The van der Waals surface area contributed by atoms with E-state index in [-0.39, 0.29) is 6.03 Å². The molecule has 0 radical (unpaired) electrons. The van der Waals surface area contributed by atoms with Crippen LogP contribution in [0.4, 0.5) is 4.79 Å². The molecule has 0 fully saturated rings. The lowest BCUT2D eigenvalue weighted by Crippen LogP contribution is -2.37. The van der Waals surface area contributed by atoms with E-state index in [0.717, 1.165) is 12.0 Å². The first-order valence-electron chi connectivity index (χ1n) is 7.33. The molecule has 3 nitrogen and oxygen atoms in total. The van der Waals surface area contributed by atoms with Gasteiger partial charge in [-0.05, 0) is 36.6 Å². The normalized spacial score (nSPS) is 10.3. The monoisotopic (exact) mass is 316 g/mol. The molecular weight excluding hydrogens is 296 g/mol. The average molecular weight is 317 g/mol. The van der Waals surface area contributed by atoms with E-state index in [2.05, 4.69) is 30.4 Å². The zero-order valence-electron chi connectivity index (χ0n) is 13.0. The first-order valence-corrected chi connectivity index (χ1v) is 7.71. The minimum absolute atomic E-state index is 0.0763. The van der Waals surface area contributed by atoms with Gasteiger partial charge >= 0.3 is 6.03 Å². The summed E-state index contributed by atoms with van der Waals surface area (Å²) in [4.78, 5) is 13.7. The summed E-state index contributed by atoms with van der Waals surface area (Å²) in [5.74, 6) is 0. The van der Waals surface area contributed by atoms with Gasteiger partial charge in [0.05, 0.1) is 0 Å². The summed E-state index contributed by atoms with van der Waals surface area (Å²) in [7, 11) is 1.78. The largest absolute Gasteiger partial charge is 0.338 e. The Hall–Kier alpha value is -2.00. The Labute approximate surface area is 136 Å². The van der Waals surface area contributed by atoms with Gasteiger partial charge in [0.2, 0.25) is 0 Å². The SMILES string of the molecule is Cc1cccc(CCNC(=O)N(C)Cc2cccc(Cl)c2)c1. The number of urea groups is 1. The Morgan fingerprint density at radius 1 is 1.14 bits per heavy atom. The van der Waals surface area contributed by atoms with Crippen molar-refractivity contribution in [1.29, 1.82) is 0 Å². The highest BCUT2D eigenvalue weighted by atomic mass is 35.5. The first kappa shape index (κ1) is 16.4. The molecule has 0 atom stereocenters. The maximum atomic E-state index is 12.1. The Morgan fingerprint density at radius 2 is 1.86 bits per heavy atom. The van der Waals surface area contributed by atoms with E-state index < -0.39 is 0 Å². The summed E-state index contributed by atoms with van der Waals surface area (Å²) in [5.41, 5.74) is 3.49. The average Bonchev–Trinajstić information content (AvgIpc) is 2.47. The molecule has 0 bridgehead atoms. The standard InChI is InChI=1S/C18H21ClN2O/c1-14-5-3-6-15(11-14)9-10-20-18(22)21(2)13-16-7-4-8-17(19)12-16/h3-8,11-12H,9-10,13H2,1-2H3,(H,20,22). The van der Waals surface area contributed by atoms with E-state index in [9.17, 15) is 4.79 Å². The molecule has 2 amide bonds. The molecule has 0 aliphatic rings. The van der Waals surface area contributed by atoms with E-state index in [1.165, 1.54) is 11.1 Å². The van der Waals surface area contributed by atoms with E-state index in [1.54, 1.807) is 11.9 Å². The van der Waals surface area contributed by atoms with Gasteiger partial charge < -0.3 is 10.2 Å². The number of halogens is 1. The summed E-state index contributed by atoms with van der Waals surface area (Å²) in [6, 6.07) is 15.8. The van der Waals surface area contributed by atoms with Crippen molar-refractivity contribution in [2.45, 2.75) is 19.9 Å². The molecule has 2 rings (SSSR count). The van der Waals surface area contributed by atoms with Gasteiger partial charge in [0.1, 0.15) is 0 Å². The molecular formula is C18H21ClN2O. The van der Waals surface area contributed by atoms with E-state index in [1.807, 2.05) is 30.3 Å². The molecule has 0 aliphatic carbocycles. The maximum Gasteiger partial charge on any atom is 0.317 e. The number of carbonyl (C=O) groups is 1. The highest BCUT2D eigenvalue weighted by Gasteiger charge is 2.08. The number of benzene rings is 2. The minimum atomic E-state index is -0.0763. The molecule has 22 heavy (non-hydrogen) atoms. The van der Waals surface area contributed by atoms with Crippen molar-refractivity contribution >= 4 is 17.6 Å². The fraction of sp³-hybridized carbons (Fsp3) is 0.278. The third-order valence-corrected chi connectivity index (χ3v) is 3.66. The second-order valence-corrected chi connectivity index (χ2v) is 5.89. The molecule has 0 spiro atoms. The number of hydrogen-bond acceptors (Lipinski definition) is 1. The second kappa shape index (κ2) is 7.85. The topological polar surface area (TPSA) is 32.3 Å². The second-order valence-electron chi connectivity index (χ2n) is 5.46. The van der Waals surface area contributed by atoms with Crippen LogP contribution in [-0.2, 0) is 13.0 Å². The van der Waals surface area contributed by atoms with Gasteiger partial charge in [-0.3, -0.25) is 0 Å². The van der Waals surface area contributed by atoms with Gasteiger partial charge in [-0.1, -0.05) is 53.6 Å². The van der Waals surface area contributed by atoms with Crippen LogP contribution in [0.25, 0.3) is 0 Å². The Bertz CT molecular complexity index is 642. The van der Waals surface area contributed by atoms with Crippen molar-refractivity contribution in [2.75, 3.05) is 13.6 Å². The zero-order chi connectivity index (χ0) is 15.9. The molecule has 0 saturated carbocycles. The number of amides is 2. The predicted octanol–water partition coefficient (Wildman–Crippen LogP) is 4.03. The van der Waals surface area contributed by atoms with Crippen molar-refractivity contribution in [3.63, 3.8) is 0 Å². The van der Waals surface area contributed by atoms with Crippen LogP contribution in [0.3, 0.4) is 0 Å². The fourth-order valence-corrected chi connectivity index (χ4v) is 2.51. The van der Waals surface area contributed by atoms with Crippen LogP contribution >= 0.6 is 11.6 Å². The van der Waals surface area contributed by atoms with Crippen LogP contribution < -0.4 is 5.32 Å². The molecule has 1 N–H and O–H groups in total. The highest BCUT2D eigenvalue weighted by Crippen LogP contribution is 2.12. The van der Waals surface area contributed by atoms with Gasteiger partial charge in [0, 0.05) is 25.2 Å². The van der Waals surface area contributed by atoms with Crippen LogP contribution in [0, 0.1) is 6.92 Å². The predicted molar refractivity (Wildman–Crippen MR) is 91.2 cm³/mol. The van der Waals surface area contributed by atoms with Gasteiger partial charge in [-0.25, -0.2) is 4.79 Å². The fourth-order valence-electron chi connectivity index (χ4n) is 2.30. The van der Waals surface area contributed by atoms with Gasteiger partial charge in [-0.15, -0.1) is 0 Å². The van der Waals surface area contributed by atoms with Crippen molar-refractivity contribution in [3.8, 4) is 0 Å². The quantitative estimate of drug-likeness (QED) is 0.887. The number of rotatable bonds is 5. The third-order valence-electron chi connectivity index (χ3n) is 3.43. The summed E-state index contributed by atoms with van der Waals surface area (Å²) in [6.45, 7) is 3.24. The zero-order valence-corrected chi connectivity index (χ0v) is 13.7. The van der Waals surface area contributed by atoms with Crippen LogP contribution in [0.1, 0.15) is 16.7 Å². The van der Waals surface area contributed by atoms with E-state index in [0.29, 0.717) is 18.1 Å². The summed E-state index contributed by atoms with van der Waals surface area (Å²) in [6.07, 6.45) is 0.832. The number of hydrogen-bond donors (Lipinski definition) is 1. The van der Waals surface area contributed by atoms with Crippen molar-refractivity contribution in [3.05, 3.63) is 70.2 Å². The lowest BCUT2D eigenvalue weighted by atomic mass is 10.1. The highest BCUT2D eigenvalue weighted by molar-refractivity contribution is 6.30. The maximum absolute atomic E-state index is 12.1. The van der Waals surface area contributed by atoms with Crippen LogP contribution in [0.15, 0.2) is 48.5 Å². The van der Waals surface area contributed by atoms with Crippen molar-refractivity contribution < 1.29 is 4.79 Å². The summed E-state index contributed by atoms with van der Waals surface area (Å²) < 4.78 is 0. The van der Waals surface area contributed by atoms with E-state index >= 15 is 0 Å². The molecule has 0 unspecified atom stereocenters. The number of nitrogens with one attached hydrogen (secondary N) is 1. The summed E-state index contributed by atoms with van der Waals surface area (Å²) >= 11 is 5.95. The van der Waals surface area contributed by atoms with Crippen LogP contribution in [0.2, 0.25) is 5.02 Å². The molecule has 0 aromatic heterocycles. The lowest BCUT2D eigenvalue weighted by Gasteiger charge is -2.18.